The summed E-state index contributed by atoms with van der Waals surface area (Å²) in [5.74, 6) is 0.448. The zero-order valence-electron chi connectivity index (χ0n) is 12.5. The Balaban J connectivity index is 2.41. The van der Waals surface area contributed by atoms with Gasteiger partial charge in [0.15, 0.2) is 0 Å². The van der Waals surface area contributed by atoms with Gasteiger partial charge in [-0.25, -0.2) is 0 Å². The molecule has 1 amide bonds. The summed E-state index contributed by atoms with van der Waals surface area (Å²) in [5, 5.41) is 22.5. The summed E-state index contributed by atoms with van der Waals surface area (Å²) < 4.78 is 0. The highest BCUT2D eigenvalue weighted by atomic mass is 16.3. The number of para-hydroxylation sites is 1. The van der Waals surface area contributed by atoms with Gasteiger partial charge in [-0.15, -0.1) is 0 Å². The van der Waals surface area contributed by atoms with Crippen molar-refractivity contribution in [2.45, 2.75) is 45.6 Å². The molecule has 3 N–H and O–H groups in total. The van der Waals surface area contributed by atoms with Crippen molar-refractivity contribution in [3.05, 3.63) is 29.8 Å². The Morgan fingerprint density at radius 3 is 2.60 bits per heavy atom. The minimum absolute atomic E-state index is 0.118. The number of carbonyl (C=O) groups excluding carboxylic acids is 1. The molecule has 0 aliphatic rings. The van der Waals surface area contributed by atoms with Gasteiger partial charge in [-0.3, -0.25) is 4.79 Å². The number of hydrogen-bond donors (Lipinski definition) is 3. The summed E-state index contributed by atoms with van der Waals surface area (Å²) in [6, 6.07) is 6.77. The third-order valence-electron chi connectivity index (χ3n) is 3.27. The molecule has 0 aromatic heterocycles. The van der Waals surface area contributed by atoms with Crippen molar-refractivity contribution in [1.82, 2.24) is 5.32 Å². The molecule has 1 rings (SSSR count). The number of phenols is 1. The number of nitrogens with one attached hydrogen (secondary N) is 1. The molecule has 4 nitrogen and oxygen atoms in total. The van der Waals surface area contributed by atoms with Crippen molar-refractivity contribution in [2.24, 2.45) is 5.92 Å². The van der Waals surface area contributed by atoms with E-state index in [1.165, 1.54) is 0 Å². The Kier molecular flexibility index (Phi) is 6.02. The minimum Gasteiger partial charge on any atom is -0.508 e. The number of aliphatic hydroxyl groups is 1. The Hall–Kier alpha value is -1.55. The van der Waals surface area contributed by atoms with Gasteiger partial charge in [0.25, 0.3) is 0 Å². The van der Waals surface area contributed by atoms with Crippen LogP contribution < -0.4 is 5.32 Å². The van der Waals surface area contributed by atoms with Gasteiger partial charge in [-0.2, -0.15) is 0 Å². The molecule has 4 heteroatoms. The van der Waals surface area contributed by atoms with E-state index in [-0.39, 0.29) is 24.6 Å². The monoisotopic (exact) mass is 279 g/mol. The lowest BCUT2D eigenvalue weighted by atomic mass is 9.95. The molecule has 0 heterocycles. The molecular weight excluding hydrogens is 254 g/mol. The highest BCUT2D eigenvalue weighted by Crippen LogP contribution is 2.17. The first-order valence-electron chi connectivity index (χ1n) is 7.06. The number of benzene rings is 1. The van der Waals surface area contributed by atoms with Crippen molar-refractivity contribution < 1.29 is 15.0 Å². The van der Waals surface area contributed by atoms with Crippen molar-refractivity contribution in [2.75, 3.05) is 6.54 Å². The predicted octanol–water partition coefficient (Wildman–Crippen LogP) is 2.24. The second-order valence-electron chi connectivity index (χ2n) is 6.01. The topological polar surface area (TPSA) is 69.6 Å². The number of aromatic hydroxyl groups is 1. The molecule has 1 aromatic rings. The maximum Gasteiger partial charge on any atom is 0.224 e. The van der Waals surface area contributed by atoms with Crippen molar-refractivity contribution >= 4 is 5.91 Å². The Labute approximate surface area is 120 Å². The molecule has 0 saturated heterocycles. The Morgan fingerprint density at radius 1 is 1.35 bits per heavy atom. The summed E-state index contributed by atoms with van der Waals surface area (Å²) in [5.41, 5.74) is -0.301. The van der Waals surface area contributed by atoms with Crippen LogP contribution in [0.1, 0.15) is 39.2 Å². The van der Waals surface area contributed by atoms with E-state index >= 15 is 0 Å². The van der Waals surface area contributed by atoms with E-state index in [9.17, 15) is 15.0 Å². The summed E-state index contributed by atoms with van der Waals surface area (Å²) in [4.78, 5) is 11.8. The molecule has 20 heavy (non-hydrogen) atoms. The molecule has 0 fully saturated rings. The fraction of sp³-hybridized carbons (Fsp3) is 0.562. The van der Waals surface area contributed by atoms with Crippen molar-refractivity contribution in [1.29, 1.82) is 0 Å². The molecule has 0 radical (unpaired) electrons. The maximum absolute atomic E-state index is 11.8. The Morgan fingerprint density at radius 2 is 2.00 bits per heavy atom. The molecule has 0 aliphatic carbocycles. The van der Waals surface area contributed by atoms with Crippen molar-refractivity contribution in [3.63, 3.8) is 0 Å². The molecule has 0 saturated carbocycles. The van der Waals surface area contributed by atoms with Crippen LogP contribution in [0.4, 0.5) is 0 Å². The number of phenolic OH excluding ortho intramolecular Hbond substituents is 1. The van der Waals surface area contributed by atoms with Crippen LogP contribution in [-0.2, 0) is 11.2 Å². The van der Waals surface area contributed by atoms with Gasteiger partial charge >= 0.3 is 0 Å². The maximum atomic E-state index is 11.8. The molecule has 0 bridgehead atoms. The van der Waals surface area contributed by atoms with Crippen LogP contribution in [0.25, 0.3) is 0 Å². The standard InChI is InChI=1S/C16H25NO3/c1-12(2)8-9-16(3,20)11-17-15(19)10-13-6-4-5-7-14(13)18/h4-7,12,18,20H,8-11H2,1-3H3,(H,17,19). The van der Waals surface area contributed by atoms with Gasteiger partial charge in [0, 0.05) is 12.1 Å². The fourth-order valence-electron chi connectivity index (χ4n) is 1.87. The van der Waals surface area contributed by atoms with Gasteiger partial charge < -0.3 is 15.5 Å². The first-order chi connectivity index (χ1) is 9.30. The SMILES string of the molecule is CC(C)CCC(C)(O)CNC(=O)Cc1ccccc1O. The molecule has 1 unspecified atom stereocenters. The quantitative estimate of drug-likeness (QED) is 0.717. The number of amides is 1. The molecule has 0 aliphatic heterocycles. The number of hydrogen-bond acceptors (Lipinski definition) is 3. The molecule has 1 atom stereocenters. The second-order valence-corrected chi connectivity index (χ2v) is 6.01. The van der Waals surface area contributed by atoms with E-state index in [1.807, 2.05) is 0 Å². The van der Waals surface area contributed by atoms with Crippen LogP contribution >= 0.6 is 0 Å². The van der Waals surface area contributed by atoms with E-state index in [0.717, 1.165) is 6.42 Å². The van der Waals surface area contributed by atoms with Crippen LogP contribution in [0.5, 0.6) is 5.75 Å². The van der Waals surface area contributed by atoms with Gasteiger partial charge in [-0.05, 0) is 31.7 Å². The number of carbonyl (C=O) groups is 1. The summed E-state index contributed by atoms with van der Waals surface area (Å²) >= 11 is 0. The predicted molar refractivity (Wildman–Crippen MR) is 79.5 cm³/mol. The summed E-state index contributed by atoms with van der Waals surface area (Å²) in [6.07, 6.45) is 1.69. The van der Waals surface area contributed by atoms with Crippen LogP contribution in [0, 0.1) is 5.92 Å². The third kappa shape index (κ3) is 6.06. The minimum atomic E-state index is -0.890. The van der Waals surface area contributed by atoms with Gasteiger partial charge in [0.05, 0.1) is 12.0 Å². The zero-order valence-corrected chi connectivity index (χ0v) is 12.5. The second kappa shape index (κ2) is 7.29. The Bertz CT molecular complexity index is 441. The molecule has 0 spiro atoms. The van der Waals surface area contributed by atoms with Crippen LogP contribution in [-0.4, -0.2) is 28.3 Å². The lowest BCUT2D eigenvalue weighted by molar-refractivity contribution is -0.121. The average molecular weight is 279 g/mol. The number of rotatable bonds is 7. The van der Waals surface area contributed by atoms with Crippen LogP contribution in [0.15, 0.2) is 24.3 Å². The van der Waals surface area contributed by atoms with E-state index in [1.54, 1.807) is 31.2 Å². The first kappa shape index (κ1) is 16.5. The lowest BCUT2D eigenvalue weighted by Gasteiger charge is -2.24. The smallest absolute Gasteiger partial charge is 0.224 e. The van der Waals surface area contributed by atoms with E-state index in [2.05, 4.69) is 19.2 Å². The van der Waals surface area contributed by atoms with Crippen molar-refractivity contribution in [3.8, 4) is 5.75 Å². The van der Waals surface area contributed by atoms with Crippen LogP contribution in [0.3, 0.4) is 0 Å². The van der Waals surface area contributed by atoms with E-state index in [4.69, 9.17) is 0 Å². The highest BCUT2D eigenvalue weighted by molar-refractivity contribution is 5.79. The van der Waals surface area contributed by atoms with Gasteiger partial charge in [0.2, 0.25) is 5.91 Å². The normalized spacial score (nSPS) is 14.1. The zero-order chi connectivity index (χ0) is 15.2. The first-order valence-corrected chi connectivity index (χ1v) is 7.06. The summed E-state index contributed by atoms with van der Waals surface area (Å²) in [7, 11) is 0. The van der Waals surface area contributed by atoms with E-state index < -0.39 is 5.60 Å². The average Bonchev–Trinajstić information content (AvgIpc) is 2.37. The van der Waals surface area contributed by atoms with E-state index in [0.29, 0.717) is 17.9 Å². The van der Waals surface area contributed by atoms with Gasteiger partial charge in [-0.1, -0.05) is 32.0 Å². The van der Waals surface area contributed by atoms with Crippen LogP contribution in [0.2, 0.25) is 0 Å². The summed E-state index contributed by atoms with van der Waals surface area (Å²) in [6.45, 7) is 6.17. The fourth-order valence-corrected chi connectivity index (χ4v) is 1.87. The molecule has 112 valence electrons. The largest absolute Gasteiger partial charge is 0.508 e. The highest BCUT2D eigenvalue weighted by Gasteiger charge is 2.21. The third-order valence-corrected chi connectivity index (χ3v) is 3.27. The van der Waals surface area contributed by atoms with Gasteiger partial charge in [0.1, 0.15) is 5.75 Å². The lowest BCUT2D eigenvalue weighted by Crippen LogP contribution is -2.41. The molecular formula is C16H25NO3. The molecule has 1 aromatic carbocycles.